The summed E-state index contributed by atoms with van der Waals surface area (Å²) in [6.45, 7) is 10.8. The lowest BCUT2D eigenvalue weighted by atomic mass is 9.83. The third-order valence-electron chi connectivity index (χ3n) is 3.52. The molecule has 0 aromatic heterocycles. The Morgan fingerprint density at radius 3 is 2.14 bits per heavy atom. The first-order chi connectivity index (χ1) is 9.55. The van der Waals surface area contributed by atoms with Crippen LogP contribution in [0.5, 0.6) is 0 Å². The molecule has 118 valence electrons. The van der Waals surface area contributed by atoms with E-state index in [-0.39, 0.29) is 17.2 Å². The van der Waals surface area contributed by atoms with Gasteiger partial charge in [-0.2, -0.15) is 0 Å². The number of hydrogen-bond acceptors (Lipinski definition) is 2. The standard InChI is InChI=1S/C17H27BrN2O/c1-16(2,3)10-12(11-19)15(21)20-17(4,5)13-6-8-14(18)9-7-13/h6-9,12H,10-11,19H2,1-5H3,(H,20,21). The van der Waals surface area contributed by atoms with Crippen LogP contribution in [0.25, 0.3) is 0 Å². The second-order valence-electron chi connectivity index (χ2n) is 7.32. The fourth-order valence-corrected chi connectivity index (χ4v) is 2.64. The van der Waals surface area contributed by atoms with Crippen molar-refractivity contribution in [2.75, 3.05) is 6.54 Å². The third kappa shape index (κ3) is 5.79. The van der Waals surface area contributed by atoms with Crippen LogP contribution in [-0.4, -0.2) is 12.5 Å². The fourth-order valence-electron chi connectivity index (χ4n) is 2.37. The normalized spacial score (nSPS) is 13.9. The van der Waals surface area contributed by atoms with Crippen molar-refractivity contribution >= 4 is 21.8 Å². The molecule has 0 heterocycles. The minimum Gasteiger partial charge on any atom is -0.347 e. The van der Waals surface area contributed by atoms with Crippen LogP contribution < -0.4 is 11.1 Å². The molecule has 1 unspecified atom stereocenters. The van der Waals surface area contributed by atoms with Crippen molar-refractivity contribution in [3.63, 3.8) is 0 Å². The summed E-state index contributed by atoms with van der Waals surface area (Å²) in [4.78, 5) is 12.5. The van der Waals surface area contributed by atoms with E-state index in [0.29, 0.717) is 6.54 Å². The Labute approximate surface area is 136 Å². The number of nitrogens with two attached hydrogens (primary N) is 1. The Kier molecular flexibility index (Phi) is 6.00. The van der Waals surface area contributed by atoms with Gasteiger partial charge in [0.25, 0.3) is 0 Å². The molecule has 3 nitrogen and oxygen atoms in total. The highest BCUT2D eigenvalue weighted by Gasteiger charge is 2.29. The van der Waals surface area contributed by atoms with Gasteiger partial charge in [-0.1, -0.05) is 48.8 Å². The summed E-state index contributed by atoms with van der Waals surface area (Å²) >= 11 is 3.43. The van der Waals surface area contributed by atoms with Gasteiger partial charge >= 0.3 is 0 Å². The molecule has 0 aliphatic rings. The van der Waals surface area contributed by atoms with E-state index in [1.54, 1.807) is 0 Å². The SMILES string of the molecule is CC(C)(C)CC(CN)C(=O)NC(C)(C)c1ccc(Br)cc1. The fraction of sp³-hybridized carbons (Fsp3) is 0.588. The van der Waals surface area contributed by atoms with Crippen LogP contribution in [0.3, 0.4) is 0 Å². The minimum absolute atomic E-state index is 0.0281. The number of halogens is 1. The Morgan fingerprint density at radius 2 is 1.71 bits per heavy atom. The van der Waals surface area contributed by atoms with E-state index in [9.17, 15) is 4.79 Å². The van der Waals surface area contributed by atoms with Crippen molar-refractivity contribution < 1.29 is 4.79 Å². The van der Waals surface area contributed by atoms with Crippen molar-refractivity contribution in [2.24, 2.45) is 17.1 Å². The Balaban J connectivity index is 2.81. The van der Waals surface area contributed by atoms with E-state index in [1.807, 2.05) is 38.1 Å². The minimum atomic E-state index is -0.414. The van der Waals surface area contributed by atoms with E-state index >= 15 is 0 Å². The van der Waals surface area contributed by atoms with Gasteiger partial charge in [-0.25, -0.2) is 0 Å². The van der Waals surface area contributed by atoms with Gasteiger partial charge in [0, 0.05) is 11.0 Å². The second-order valence-corrected chi connectivity index (χ2v) is 8.23. The van der Waals surface area contributed by atoms with Crippen LogP contribution in [0.1, 0.15) is 46.6 Å². The van der Waals surface area contributed by atoms with Crippen LogP contribution in [0.4, 0.5) is 0 Å². The molecule has 0 aliphatic carbocycles. The molecule has 4 heteroatoms. The number of carbonyl (C=O) groups is 1. The monoisotopic (exact) mass is 354 g/mol. The molecular weight excluding hydrogens is 328 g/mol. The molecule has 0 radical (unpaired) electrons. The molecule has 1 amide bonds. The average Bonchev–Trinajstić information content (AvgIpc) is 2.34. The molecule has 1 atom stereocenters. The second kappa shape index (κ2) is 6.93. The Hall–Kier alpha value is -0.870. The summed E-state index contributed by atoms with van der Waals surface area (Å²) in [5.74, 6) is -0.125. The van der Waals surface area contributed by atoms with Gasteiger partial charge in [0.1, 0.15) is 0 Å². The first kappa shape index (κ1) is 18.2. The molecule has 0 bridgehead atoms. The summed E-state index contributed by atoms with van der Waals surface area (Å²) < 4.78 is 1.03. The Morgan fingerprint density at radius 1 is 1.19 bits per heavy atom. The van der Waals surface area contributed by atoms with Crippen LogP contribution >= 0.6 is 15.9 Å². The van der Waals surface area contributed by atoms with Crippen LogP contribution in [-0.2, 0) is 10.3 Å². The maximum Gasteiger partial charge on any atom is 0.225 e. The van der Waals surface area contributed by atoms with Gasteiger partial charge in [0.15, 0.2) is 0 Å². The van der Waals surface area contributed by atoms with Crippen molar-refractivity contribution in [3.8, 4) is 0 Å². The maximum atomic E-state index is 12.5. The van der Waals surface area contributed by atoms with E-state index in [1.165, 1.54) is 0 Å². The van der Waals surface area contributed by atoms with Gasteiger partial charge < -0.3 is 11.1 Å². The number of carbonyl (C=O) groups excluding carboxylic acids is 1. The third-order valence-corrected chi connectivity index (χ3v) is 4.04. The molecule has 1 rings (SSSR count). The van der Waals surface area contributed by atoms with E-state index in [0.717, 1.165) is 16.5 Å². The largest absolute Gasteiger partial charge is 0.347 e. The summed E-state index contributed by atoms with van der Waals surface area (Å²) in [7, 11) is 0. The zero-order valence-corrected chi connectivity index (χ0v) is 15.3. The van der Waals surface area contributed by atoms with Crippen molar-refractivity contribution in [1.82, 2.24) is 5.32 Å². The van der Waals surface area contributed by atoms with Crippen LogP contribution in [0.15, 0.2) is 28.7 Å². The molecule has 21 heavy (non-hydrogen) atoms. The maximum absolute atomic E-state index is 12.5. The summed E-state index contributed by atoms with van der Waals surface area (Å²) in [6.07, 6.45) is 0.783. The highest BCUT2D eigenvalue weighted by molar-refractivity contribution is 9.10. The molecule has 0 saturated carbocycles. The van der Waals surface area contributed by atoms with Gasteiger partial charge in [-0.05, 0) is 43.4 Å². The zero-order chi connectivity index (χ0) is 16.3. The summed E-state index contributed by atoms with van der Waals surface area (Å²) in [5.41, 5.74) is 6.54. The number of benzene rings is 1. The van der Waals surface area contributed by atoms with Gasteiger partial charge in [-0.15, -0.1) is 0 Å². The highest BCUT2D eigenvalue weighted by Crippen LogP contribution is 2.26. The summed E-state index contributed by atoms with van der Waals surface area (Å²) in [5, 5.41) is 3.13. The molecular formula is C17H27BrN2O. The predicted octanol–water partition coefficient (Wildman–Crippen LogP) is 3.81. The van der Waals surface area contributed by atoms with E-state index in [2.05, 4.69) is 42.0 Å². The number of nitrogens with one attached hydrogen (secondary N) is 1. The number of amides is 1. The van der Waals surface area contributed by atoms with Gasteiger partial charge in [-0.3, -0.25) is 4.79 Å². The molecule has 0 aliphatic heterocycles. The van der Waals surface area contributed by atoms with E-state index in [4.69, 9.17) is 5.73 Å². The lowest BCUT2D eigenvalue weighted by molar-refractivity contribution is -0.127. The predicted molar refractivity (Wildman–Crippen MR) is 91.9 cm³/mol. The topological polar surface area (TPSA) is 55.1 Å². The molecule has 1 aromatic carbocycles. The molecule has 3 N–H and O–H groups in total. The van der Waals surface area contributed by atoms with Gasteiger partial charge in [0.2, 0.25) is 5.91 Å². The average molecular weight is 355 g/mol. The quantitative estimate of drug-likeness (QED) is 0.844. The first-order valence-corrected chi connectivity index (χ1v) is 8.12. The lowest BCUT2D eigenvalue weighted by Gasteiger charge is -2.31. The molecule has 0 saturated heterocycles. The smallest absolute Gasteiger partial charge is 0.225 e. The van der Waals surface area contributed by atoms with Crippen LogP contribution in [0.2, 0.25) is 0 Å². The van der Waals surface area contributed by atoms with E-state index < -0.39 is 5.54 Å². The highest BCUT2D eigenvalue weighted by atomic mass is 79.9. The zero-order valence-electron chi connectivity index (χ0n) is 13.7. The Bertz CT molecular complexity index is 475. The molecule has 0 spiro atoms. The van der Waals surface area contributed by atoms with Crippen molar-refractivity contribution in [2.45, 2.75) is 46.6 Å². The number of hydrogen-bond donors (Lipinski definition) is 2. The van der Waals surface area contributed by atoms with Crippen molar-refractivity contribution in [1.29, 1.82) is 0 Å². The lowest BCUT2D eigenvalue weighted by Crippen LogP contribution is -2.46. The first-order valence-electron chi connectivity index (χ1n) is 7.33. The van der Waals surface area contributed by atoms with Crippen molar-refractivity contribution in [3.05, 3.63) is 34.3 Å². The summed E-state index contributed by atoms with van der Waals surface area (Å²) in [6, 6.07) is 8.01. The molecule has 0 fully saturated rings. The van der Waals surface area contributed by atoms with Gasteiger partial charge in [0.05, 0.1) is 11.5 Å². The number of rotatable bonds is 5. The van der Waals surface area contributed by atoms with Crippen LogP contribution in [0, 0.1) is 11.3 Å². The molecule has 1 aromatic rings.